The predicted molar refractivity (Wildman–Crippen MR) is 89.0 cm³/mol. The molecule has 0 bridgehead atoms. The predicted octanol–water partition coefficient (Wildman–Crippen LogP) is 3.85. The molecule has 7 heteroatoms. The number of aromatic nitrogens is 3. The molecule has 0 amide bonds. The average molecular weight is 331 g/mol. The van der Waals surface area contributed by atoms with Gasteiger partial charge < -0.3 is 5.11 Å². The van der Waals surface area contributed by atoms with Gasteiger partial charge in [0.25, 0.3) is 0 Å². The van der Waals surface area contributed by atoms with Crippen molar-refractivity contribution in [2.24, 2.45) is 5.10 Å². The van der Waals surface area contributed by atoms with Crippen LogP contribution >= 0.6 is 23.8 Å². The third kappa shape index (κ3) is 2.93. The number of phenols is 1. The van der Waals surface area contributed by atoms with Gasteiger partial charge in [-0.2, -0.15) is 14.9 Å². The van der Waals surface area contributed by atoms with E-state index in [9.17, 15) is 5.11 Å². The number of H-pyrrole nitrogens is 1. The Labute approximate surface area is 136 Å². The lowest BCUT2D eigenvalue weighted by atomic mass is 10.2. The van der Waals surface area contributed by atoms with Gasteiger partial charge in [-0.25, -0.2) is 5.10 Å². The third-order valence-electron chi connectivity index (χ3n) is 2.98. The van der Waals surface area contributed by atoms with Gasteiger partial charge in [0.2, 0.25) is 4.77 Å². The molecular weight excluding hydrogens is 320 g/mol. The summed E-state index contributed by atoms with van der Waals surface area (Å²) in [5.74, 6) is 0.736. The topological polar surface area (TPSA) is 66.2 Å². The maximum Gasteiger partial charge on any atom is 0.216 e. The minimum absolute atomic E-state index is 0.203. The van der Waals surface area contributed by atoms with Crippen LogP contribution in [0.15, 0.2) is 53.6 Å². The van der Waals surface area contributed by atoms with Crippen LogP contribution in [0.2, 0.25) is 5.02 Å². The number of nitrogens with one attached hydrogen (secondary N) is 1. The number of aromatic hydroxyl groups is 1. The molecule has 22 heavy (non-hydrogen) atoms. The molecule has 0 spiro atoms. The summed E-state index contributed by atoms with van der Waals surface area (Å²) in [4.78, 5) is 0. The van der Waals surface area contributed by atoms with Crippen molar-refractivity contribution in [1.29, 1.82) is 0 Å². The van der Waals surface area contributed by atoms with E-state index in [0.29, 0.717) is 15.6 Å². The van der Waals surface area contributed by atoms with E-state index >= 15 is 0 Å². The molecule has 0 aliphatic rings. The Hall–Kier alpha value is -2.44. The number of benzene rings is 2. The molecule has 110 valence electrons. The Morgan fingerprint density at radius 3 is 2.64 bits per heavy atom. The highest BCUT2D eigenvalue weighted by Crippen LogP contribution is 2.25. The zero-order valence-corrected chi connectivity index (χ0v) is 12.8. The third-order valence-corrected chi connectivity index (χ3v) is 3.57. The highest BCUT2D eigenvalue weighted by molar-refractivity contribution is 7.71. The lowest BCUT2D eigenvalue weighted by Crippen LogP contribution is -1.95. The summed E-state index contributed by atoms with van der Waals surface area (Å²) in [5.41, 5.74) is 1.56. The summed E-state index contributed by atoms with van der Waals surface area (Å²) in [6.45, 7) is 0. The van der Waals surface area contributed by atoms with Crippen molar-refractivity contribution >= 4 is 30.0 Å². The molecule has 0 atom stereocenters. The quantitative estimate of drug-likeness (QED) is 0.566. The van der Waals surface area contributed by atoms with Crippen LogP contribution in [-0.2, 0) is 0 Å². The molecule has 0 fully saturated rings. The second-order valence-corrected chi connectivity index (χ2v) is 5.27. The maximum absolute atomic E-state index is 9.28. The van der Waals surface area contributed by atoms with Gasteiger partial charge in [-0.15, -0.1) is 0 Å². The smallest absolute Gasteiger partial charge is 0.216 e. The Bertz CT molecular complexity index is 883. The van der Waals surface area contributed by atoms with Crippen LogP contribution in [-0.4, -0.2) is 26.2 Å². The standard InChI is InChI=1S/C15H11ClN4OS/c16-13-4-2-1-3-12(13)14-18-19-15(22)20(14)17-9-10-5-7-11(21)8-6-10/h1-9,21H,(H,19,22)/b17-9-. The first-order valence-corrected chi connectivity index (χ1v) is 7.19. The first-order valence-electron chi connectivity index (χ1n) is 6.41. The Morgan fingerprint density at radius 2 is 1.91 bits per heavy atom. The number of phenolic OH excluding ortho intramolecular Hbond substituents is 1. The Kier molecular flexibility index (Phi) is 4.04. The van der Waals surface area contributed by atoms with E-state index in [-0.39, 0.29) is 5.75 Å². The molecule has 0 saturated carbocycles. The molecule has 5 nitrogen and oxygen atoms in total. The second-order valence-electron chi connectivity index (χ2n) is 4.48. The van der Waals surface area contributed by atoms with Crippen LogP contribution in [0.4, 0.5) is 0 Å². The van der Waals surface area contributed by atoms with Crippen LogP contribution in [0.5, 0.6) is 5.75 Å². The Balaban J connectivity index is 2.02. The molecular formula is C15H11ClN4OS. The van der Waals surface area contributed by atoms with E-state index < -0.39 is 0 Å². The molecule has 0 aliphatic carbocycles. The average Bonchev–Trinajstić information content (AvgIpc) is 2.88. The minimum atomic E-state index is 0.203. The monoisotopic (exact) mass is 330 g/mol. The van der Waals surface area contributed by atoms with Crippen molar-refractivity contribution in [3.05, 3.63) is 63.9 Å². The first kappa shape index (κ1) is 14.5. The minimum Gasteiger partial charge on any atom is -0.508 e. The number of halogens is 1. The summed E-state index contributed by atoms with van der Waals surface area (Å²) in [6, 6.07) is 14.0. The number of hydrogen-bond donors (Lipinski definition) is 2. The summed E-state index contributed by atoms with van der Waals surface area (Å²) in [7, 11) is 0. The van der Waals surface area contributed by atoms with E-state index in [1.807, 2.05) is 18.2 Å². The summed E-state index contributed by atoms with van der Waals surface area (Å²) < 4.78 is 1.87. The van der Waals surface area contributed by atoms with Crippen LogP contribution in [0.1, 0.15) is 5.56 Å². The van der Waals surface area contributed by atoms with Gasteiger partial charge in [-0.1, -0.05) is 23.7 Å². The lowest BCUT2D eigenvalue weighted by Gasteiger charge is -2.03. The fraction of sp³-hybridized carbons (Fsp3) is 0. The normalized spacial score (nSPS) is 11.1. The highest BCUT2D eigenvalue weighted by Gasteiger charge is 2.10. The van der Waals surface area contributed by atoms with Crippen LogP contribution < -0.4 is 0 Å². The number of rotatable bonds is 3. The molecule has 1 aromatic heterocycles. The van der Waals surface area contributed by atoms with Gasteiger partial charge in [-0.3, -0.25) is 0 Å². The highest BCUT2D eigenvalue weighted by atomic mass is 35.5. The molecule has 0 saturated heterocycles. The van der Waals surface area contributed by atoms with Crippen molar-refractivity contribution in [2.75, 3.05) is 0 Å². The number of nitrogens with zero attached hydrogens (tertiary/aromatic N) is 3. The van der Waals surface area contributed by atoms with E-state index in [4.69, 9.17) is 23.8 Å². The van der Waals surface area contributed by atoms with Gasteiger partial charge in [0, 0.05) is 5.56 Å². The van der Waals surface area contributed by atoms with Gasteiger partial charge in [0.1, 0.15) is 5.75 Å². The van der Waals surface area contributed by atoms with Crippen molar-refractivity contribution in [3.63, 3.8) is 0 Å². The van der Waals surface area contributed by atoms with Gasteiger partial charge in [0.15, 0.2) is 5.82 Å². The summed E-state index contributed by atoms with van der Waals surface area (Å²) >= 11 is 11.4. The van der Waals surface area contributed by atoms with E-state index in [1.165, 1.54) is 4.68 Å². The number of hydrogen-bond acceptors (Lipinski definition) is 4. The SMILES string of the molecule is Oc1ccc(/C=N\n2c(-c3ccccc3Cl)n[nH]c2=S)cc1. The number of aromatic amines is 1. The second kappa shape index (κ2) is 6.13. The van der Waals surface area contributed by atoms with Crippen molar-refractivity contribution < 1.29 is 5.11 Å². The molecule has 0 unspecified atom stereocenters. The molecule has 2 aromatic carbocycles. The van der Waals surface area contributed by atoms with Crippen molar-refractivity contribution in [2.45, 2.75) is 0 Å². The van der Waals surface area contributed by atoms with Gasteiger partial charge in [-0.05, 0) is 54.2 Å². The van der Waals surface area contributed by atoms with E-state index in [0.717, 1.165) is 11.1 Å². The molecule has 0 aliphatic heterocycles. The van der Waals surface area contributed by atoms with Crippen molar-refractivity contribution in [1.82, 2.24) is 14.9 Å². The fourth-order valence-electron chi connectivity index (χ4n) is 1.90. The molecule has 2 N–H and O–H groups in total. The molecule has 1 heterocycles. The van der Waals surface area contributed by atoms with Gasteiger partial charge in [0.05, 0.1) is 11.2 Å². The van der Waals surface area contributed by atoms with Crippen LogP contribution in [0, 0.1) is 4.77 Å². The molecule has 0 radical (unpaired) electrons. The zero-order valence-electron chi connectivity index (χ0n) is 11.3. The van der Waals surface area contributed by atoms with E-state index in [2.05, 4.69) is 15.3 Å². The van der Waals surface area contributed by atoms with Crippen molar-refractivity contribution in [3.8, 4) is 17.1 Å². The van der Waals surface area contributed by atoms with Gasteiger partial charge >= 0.3 is 0 Å². The Morgan fingerprint density at radius 1 is 1.18 bits per heavy atom. The largest absolute Gasteiger partial charge is 0.508 e. The van der Waals surface area contributed by atoms with E-state index in [1.54, 1.807) is 36.5 Å². The molecule has 3 aromatic rings. The zero-order chi connectivity index (χ0) is 15.5. The summed E-state index contributed by atoms with van der Waals surface area (Å²) in [6.07, 6.45) is 1.63. The first-order chi connectivity index (χ1) is 10.6. The van der Waals surface area contributed by atoms with Crippen LogP contribution in [0.3, 0.4) is 0 Å². The fourth-order valence-corrected chi connectivity index (χ4v) is 2.30. The maximum atomic E-state index is 9.28. The summed E-state index contributed by atoms with van der Waals surface area (Å²) in [5, 5.41) is 21.1. The van der Waals surface area contributed by atoms with Crippen LogP contribution in [0.25, 0.3) is 11.4 Å². The molecule has 3 rings (SSSR count). The lowest BCUT2D eigenvalue weighted by molar-refractivity contribution is 0.475.